The monoisotopic (exact) mass is 814 g/mol. The molecule has 0 unspecified atom stereocenters. The van der Waals surface area contributed by atoms with E-state index in [9.17, 15) is 88.6 Å². The summed E-state index contributed by atoms with van der Waals surface area (Å²) in [5, 5.41) is 42.8. The molecule has 0 aliphatic carbocycles. The van der Waals surface area contributed by atoms with Gasteiger partial charge in [-0.1, -0.05) is 0 Å². The highest BCUT2D eigenvalue weighted by molar-refractivity contribution is 5.77. The van der Waals surface area contributed by atoms with E-state index in [4.69, 9.17) is 70.9 Å². The van der Waals surface area contributed by atoms with Crippen LogP contribution in [0.3, 0.4) is 0 Å². The van der Waals surface area contributed by atoms with E-state index in [-0.39, 0.29) is 12.8 Å². The largest absolute Gasteiger partial charge is 0.490 e. The minimum Gasteiger partial charge on any atom is -0.475 e. The van der Waals surface area contributed by atoms with Crippen LogP contribution in [0.4, 0.5) is 79.0 Å². The van der Waals surface area contributed by atoms with Crippen LogP contribution >= 0.6 is 0 Å². The van der Waals surface area contributed by atoms with Crippen LogP contribution in [0, 0.1) is 0 Å². The van der Waals surface area contributed by atoms with Crippen molar-refractivity contribution in [3.8, 4) is 0 Å². The van der Waals surface area contributed by atoms with Crippen molar-refractivity contribution in [2.24, 2.45) is 11.5 Å². The van der Waals surface area contributed by atoms with Crippen LogP contribution in [-0.4, -0.2) is 115 Å². The van der Waals surface area contributed by atoms with Crippen molar-refractivity contribution in [2.45, 2.75) is 56.3 Å². The van der Waals surface area contributed by atoms with Crippen molar-refractivity contribution in [2.75, 3.05) is 0 Å². The highest BCUT2D eigenvalue weighted by Gasteiger charge is 2.41. The van der Waals surface area contributed by atoms with Crippen LogP contribution in [0.5, 0.6) is 0 Å². The van der Waals surface area contributed by atoms with Gasteiger partial charge in [0.05, 0.1) is 0 Å². The topological polar surface area (TPSA) is 310 Å². The number of alkyl halides is 18. The summed E-state index contributed by atoms with van der Waals surface area (Å²) in [6.07, 6.45) is -29.6. The number of hydrogen-bond donors (Lipinski definition) is 8. The van der Waals surface area contributed by atoms with Crippen LogP contribution in [-0.2, 0) is 38.4 Å². The van der Waals surface area contributed by atoms with E-state index in [1.807, 2.05) is 0 Å². The van der Waals surface area contributed by atoms with Crippen LogP contribution in [0.15, 0.2) is 0 Å². The van der Waals surface area contributed by atoms with Gasteiger partial charge in [0, 0.05) is 12.8 Å². The number of rotatable bonds is 4. The molecular weight excluding hydrogens is 798 g/mol. The molecule has 2 amide bonds. The molecule has 0 fully saturated rings. The summed E-state index contributed by atoms with van der Waals surface area (Å²) in [5.41, 5.74) is 9.58. The molecule has 0 heterocycles. The zero-order valence-electron chi connectivity index (χ0n) is 23.0. The molecule has 0 aromatic heterocycles. The number of halogens is 18. The van der Waals surface area contributed by atoms with Gasteiger partial charge in [-0.25, -0.2) is 28.8 Å². The van der Waals surface area contributed by atoms with Gasteiger partial charge < -0.3 is 42.1 Å². The first kappa shape index (κ1) is 60.8. The highest BCUT2D eigenvalue weighted by atomic mass is 19.4. The van der Waals surface area contributed by atoms with Crippen molar-refractivity contribution in [1.29, 1.82) is 0 Å². The Morgan fingerprint density at radius 3 is 0.431 bits per heavy atom. The molecule has 10 N–H and O–H groups in total. The first-order chi connectivity index (χ1) is 21.8. The van der Waals surface area contributed by atoms with Gasteiger partial charge in [-0.05, 0) is 6.42 Å². The summed E-state index contributed by atoms with van der Waals surface area (Å²) < 4.78 is 190. The fourth-order valence-electron chi connectivity index (χ4n) is 0.437. The van der Waals surface area contributed by atoms with Gasteiger partial charge in [0.25, 0.3) is 0 Å². The molecular formula is C17H16F18N2O14. The van der Waals surface area contributed by atoms with E-state index in [1.54, 1.807) is 0 Å². The molecule has 0 spiro atoms. The summed E-state index contributed by atoms with van der Waals surface area (Å²) in [4.78, 5) is 73.5. The van der Waals surface area contributed by atoms with Crippen molar-refractivity contribution in [3.63, 3.8) is 0 Å². The molecule has 0 saturated heterocycles. The molecule has 0 aromatic carbocycles. The molecule has 0 radical (unpaired) electrons. The number of carboxylic acids is 6. The van der Waals surface area contributed by atoms with E-state index in [2.05, 4.69) is 0 Å². The average molecular weight is 814 g/mol. The van der Waals surface area contributed by atoms with Crippen LogP contribution in [0.2, 0.25) is 0 Å². The predicted molar refractivity (Wildman–Crippen MR) is 114 cm³/mol. The Kier molecular flexibility index (Phi) is 30.4. The van der Waals surface area contributed by atoms with E-state index in [1.165, 1.54) is 0 Å². The Morgan fingerprint density at radius 2 is 0.392 bits per heavy atom. The third-order valence-electron chi connectivity index (χ3n) is 2.30. The van der Waals surface area contributed by atoms with E-state index in [0.29, 0.717) is 6.42 Å². The van der Waals surface area contributed by atoms with Crippen LogP contribution in [0.25, 0.3) is 0 Å². The number of carboxylic acid groups (broad SMARTS) is 6. The van der Waals surface area contributed by atoms with E-state index >= 15 is 0 Å². The molecule has 0 atom stereocenters. The lowest BCUT2D eigenvalue weighted by atomic mass is 10.2. The Morgan fingerprint density at radius 1 is 0.314 bits per heavy atom. The Hall–Kier alpha value is -5.50. The number of carbonyl (C=O) groups is 8. The molecule has 0 saturated carbocycles. The zero-order valence-corrected chi connectivity index (χ0v) is 23.0. The molecule has 304 valence electrons. The zero-order chi connectivity index (χ0) is 43.7. The van der Waals surface area contributed by atoms with Crippen LogP contribution in [0.1, 0.15) is 19.3 Å². The molecule has 0 rings (SSSR count). The maximum atomic E-state index is 10.6. The number of aliphatic carboxylic acids is 6. The van der Waals surface area contributed by atoms with Gasteiger partial charge >= 0.3 is 72.9 Å². The Labute approximate surface area is 264 Å². The number of amides is 2. The Balaban J connectivity index is -0.0000000888. The fourth-order valence-corrected chi connectivity index (χ4v) is 0.437. The standard InChI is InChI=1S/C5H10N2O2.6C2HF3O2/c6-4(8)2-1-3-5(7)9;6*3-2(4,5)1(6)7/h1-3H2,(H2,6,8)(H2,7,9);6*(H,6,7). The summed E-state index contributed by atoms with van der Waals surface area (Å²) in [7, 11) is 0. The second kappa shape index (κ2) is 25.5. The van der Waals surface area contributed by atoms with Gasteiger partial charge in [-0.3, -0.25) is 9.59 Å². The van der Waals surface area contributed by atoms with Gasteiger partial charge in [0.15, 0.2) is 0 Å². The predicted octanol–water partition coefficient (Wildman–Crippen LogP) is 2.93. The van der Waals surface area contributed by atoms with Crippen molar-refractivity contribution in [1.82, 2.24) is 0 Å². The number of carbonyl (C=O) groups excluding carboxylic acids is 2. The lowest BCUT2D eigenvalue weighted by Crippen LogP contribution is -2.21. The number of hydrogen-bond acceptors (Lipinski definition) is 8. The number of primary amides is 2. The van der Waals surface area contributed by atoms with Crippen molar-refractivity contribution < 1.29 is 148 Å². The fraction of sp³-hybridized carbons (Fsp3) is 0.529. The lowest BCUT2D eigenvalue weighted by Gasteiger charge is -1.93. The summed E-state index contributed by atoms with van der Waals surface area (Å²) >= 11 is 0. The van der Waals surface area contributed by atoms with Crippen molar-refractivity contribution >= 4 is 47.6 Å². The molecule has 34 heteroatoms. The average Bonchev–Trinajstić information content (AvgIpc) is 2.82. The normalized spacial score (nSPS) is 10.9. The third kappa shape index (κ3) is 60.3. The molecule has 51 heavy (non-hydrogen) atoms. The molecule has 0 aliphatic rings. The maximum absolute atomic E-state index is 10.6. The van der Waals surface area contributed by atoms with Gasteiger partial charge in [-0.15, -0.1) is 0 Å². The van der Waals surface area contributed by atoms with Crippen molar-refractivity contribution in [3.05, 3.63) is 0 Å². The summed E-state index contributed by atoms with van der Waals surface area (Å²) in [5.74, 6) is -17.3. The summed E-state index contributed by atoms with van der Waals surface area (Å²) in [6, 6.07) is 0. The van der Waals surface area contributed by atoms with E-state index in [0.717, 1.165) is 0 Å². The molecule has 0 bridgehead atoms. The first-order valence-electron chi connectivity index (χ1n) is 10.2. The number of nitrogens with two attached hydrogens (primary N) is 2. The Bertz CT molecular complexity index is 921. The smallest absolute Gasteiger partial charge is 0.475 e. The van der Waals surface area contributed by atoms with Gasteiger partial charge in [0.2, 0.25) is 11.8 Å². The molecule has 16 nitrogen and oxygen atoms in total. The summed E-state index contributed by atoms with van der Waals surface area (Å²) in [6.45, 7) is 0. The highest BCUT2D eigenvalue weighted by Crippen LogP contribution is 2.16. The minimum atomic E-state index is -5.08. The lowest BCUT2D eigenvalue weighted by molar-refractivity contribution is -0.193. The first-order valence-corrected chi connectivity index (χ1v) is 10.2. The van der Waals surface area contributed by atoms with Gasteiger partial charge in [0.1, 0.15) is 0 Å². The second-order valence-electron chi connectivity index (χ2n) is 6.60. The van der Waals surface area contributed by atoms with E-state index < -0.39 is 84.7 Å². The minimum absolute atomic E-state index is 0.239. The molecule has 0 aliphatic heterocycles. The second-order valence-corrected chi connectivity index (χ2v) is 6.60. The SMILES string of the molecule is NC(=O)CCCC(N)=O.O=C(O)C(F)(F)F.O=C(O)C(F)(F)F.O=C(O)C(F)(F)F.O=C(O)C(F)(F)F.O=C(O)C(F)(F)F.O=C(O)C(F)(F)F. The maximum Gasteiger partial charge on any atom is 0.490 e. The van der Waals surface area contributed by atoms with Crippen LogP contribution < -0.4 is 11.5 Å². The third-order valence-corrected chi connectivity index (χ3v) is 2.30. The van der Waals surface area contributed by atoms with Gasteiger partial charge in [-0.2, -0.15) is 79.0 Å². The molecule has 0 aromatic rings. The quantitative estimate of drug-likeness (QED) is 0.189.